The van der Waals surface area contributed by atoms with Gasteiger partial charge in [0.2, 0.25) is 0 Å². The highest BCUT2D eigenvalue weighted by molar-refractivity contribution is 7.98. The predicted octanol–water partition coefficient (Wildman–Crippen LogP) is 1.57. The van der Waals surface area contributed by atoms with Crippen LogP contribution in [0.3, 0.4) is 0 Å². The molecule has 0 spiro atoms. The molecule has 0 saturated carbocycles. The van der Waals surface area contributed by atoms with Gasteiger partial charge in [-0.2, -0.15) is 11.8 Å². The molecule has 0 saturated heterocycles. The Morgan fingerprint density at radius 3 is 2.46 bits per heavy atom. The summed E-state index contributed by atoms with van der Waals surface area (Å²) in [6, 6.07) is 6.70. The van der Waals surface area contributed by atoms with Crippen molar-refractivity contribution < 1.29 is 28.4 Å². The number of carbonyl (C=O) groups excluding carboxylic acids is 4. The van der Waals surface area contributed by atoms with Gasteiger partial charge >= 0.3 is 5.97 Å². The number of ether oxygens (including phenoxy) is 1. The van der Waals surface area contributed by atoms with Crippen LogP contribution in [0.5, 0.6) is 0 Å². The lowest BCUT2D eigenvalue weighted by Crippen LogP contribution is -2.46. The van der Waals surface area contributed by atoms with Crippen molar-refractivity contribution in [1.82, 2.24) is 10.1 Å². The van der Waals surface area contributed by atoms with Crippen molar-refractivity contribution >= 4 is 41.3 Å². The van der Waals surface area contributed by atoms with Gasteiger partial charge in [-0.25, -0.2) is 4.79 Å². The molecule has 3 rings (SSSR count). The molecule has 1 aromatic carbocycles. The maximum atomic E-state index is 12.7. The number of nitrogens with one attached hydrogen (secondary N) is 1. The van der Waals surface area contributed by atoms with Crippen LogP contribution in [0.25, 0.3) is 0 Å². The molecule has 0 fully saturated rings. The summed E-state index contributed by atoms with van der Waals surface area (Å²) >= 11 is 1.46. The Balaban J connectivity index is 1.69. The van der Waals surface area contributed by atoms with Crippen molar-refractivity contribution in [3.8, 4) is 0 Å². The molecule has 146 valence electrons. The Morgan fingerprint density at radius 2 is 1.89 bits per heavy atom. The number of rotatable bonds is 8. The van der Waals surface area contributed by atoms with Crippen molar-refractivity contribution in [1.29, 1.82) is 0 Å². The second-order valence-corrected chi connectivity index (χ2v) is 6.85. The van der Waals surface area contributed by atoms with Crippen LogP contribution < -0.4 is 5.32 Å². The Morgan fingerprint density at radius 1 is 1.21 bits per heavy atom. The fourth-order valence-electron chi connectivity index (χ4n) is 2.76. The highest BCUT2D eigenvalue weighted by atomic mass is 32.2. The zero-order valence-corrected chi connectivity index (χ0v) is 15.7. The van der Waals surface area contributed by atoms with Gasteiger partial charge in [-0.3, -0.25) is 19.3 Å². The highest BCUT2D eigenvalue weighted by Crippen LogP contribution is 2.26. The van der Waals surface area contributed by atoms with Crippen LogP contribution in [0.1, 0.15) is 27.1 Å². The number of amides is 3. The van der Waals surface area contributed by atoms with Gasteiger partial charge in [0.05, 0.1) is 11.1 Å². The lowest BCUT2D eigenvalue weighted by atomic mass is 10.1. The Kier molecular flexibility index (Phi) is 6.09. The number of fused-ring (bicyclic) bond motifs is 1. The summed E-state index contributed by atoms with van der Waals surface area (Å²) in [5.41, 5.74) is 0.497. The molecule has 1 aromatic heterocycles. The molecule has 2 heterocycles. The number of thioether (sulfide) groups is 1. The second-order valence-electron chi connectivity index (χ2n) is 5.86. The summed E-state index contributed by atoms with van der Waals surface area (Å²) in [5.74, 6) is -1.82. The maximum Gasteiger partial charge on any atom is 0.329 e. The predicted molar refractivity (Wildman–Crippen MR) is 99.8 cm³/mol. The first-order valence-corrected chi connectivity index (χ1v) is 9.75. The Hall–Kier alpha value is -3.14. The van der Waals surface area contributed by atoms with Gasteiger partial charge in [0, 0.05) is 6.07 Å². The molecular weight excluding hydrogens is 386 g/mol. The van der Waals surface area contributed by atoms with Crippen molar-refractivity contribution in [3.63, 3.8) is 0 Å². The molecule has 9 nitrogen and oxygen atoms in total. The van der Waals surface area contributed by atoms with E-state index in [1.807, 2.05) is 6.26 Å². The van der Waals surface area contributed by atoms with Crippen LogP contribution in [0.15, 0.2) is 41.1 Å². The first kappa shape index (κ1) is 19.6. The summed E-state index contributed by atoms with van der Waals surface area (Å²) < 4.78 is 9.64. The minimum absolute atomic E-state index is 0.181. The average Bonchev–Trinajstić information content (AvgIpc) is 3.29. The molecule has 3 amide bonds. The number of aromatic nitrogens is 1. The first-order valence-electron chi connectivity index (χ1n) is 8.35. The normalized spacial score (nSPS) is 14.0. The van der Waals surface area contributed by atoms with Crippen LogP contribution >= 0.6 is 11.8 Å². The van der Waals surface area contributed by atoms with Gasteiger partial charge in [-0.15, -0.1) is 0 Å². The van der Waals surface area contributed by atoms with Crippen molar-refractivity contribution in [2.75, 3.05) is 23.9 Å². The van der Waals surface area contributed by atoms with Crippen molar-refractivity contribution in [2.24, 2.45) is 0 Å². The van der Waals surface area contributed by atoms with E-state index in [0.29, 0.717) is 5.75 Å². The molecule has 2 aromatic rings. The third kappa shape index (κ3) is 4.06. The van der Waals surface area contributed by atoms with Gasteiger partial charge in [0.15, 0.2) is 12.4 Å². The standard InChI is InChI=1S/C18H17N3O6S/c1-28-9-7-13(18(25)26-10-15(22)19-14-6-8-27-20-14)21-16(23)11-4-2-3-5-12(11)17(21)24/h2-6,8,13H,7,9-10H2,1H3,(H,19,20,22). The second kappa shape index (κ2) is 8.70. The number of nitrogens with zero attached hydrogens (tertiary/aromatic N) is 2. The molecule has 10 heteroatoms. The molecule has 0 aliphatic carbocycles. The average molecular weight is 403 g/mol. The number of anilines is 1. The summed E-state index contributed by atoms with van der Waals surface area (Å²) in [6.07, 6.45) is 3.34. The lowest BCUT2D eigenvalue weighted by molar-refractivity contribution is -0.151. The number of benzene rings is 1. The minimum atomic E-state index is -1.11. The monoisotopic (exact) mass is 403 g/mol. The summed E-state index contributed by atoms with van der Waals surface area (Å²) in [7, 11) is 0. The van der Waals surface area contributed by atoms with E-state index >= 15 is 0 Å². The van der Waals surface area contributed by atoms with Crippen molar-refractivity contribution in [2.45, 2.75) is 12.5 Å². The van der Waals surface area contributed by atoms with Crippen LogP contribution in [0.2, 0.25) is 0 Å². The maximum absolute atomic E-state index is 12.7. The largest absolute Gasteiger partial charge is 0.454 e. The van der Waals surface area contributed by atoms with E-state index in [0.717, 1.165) is 4.90 Å². The summed E-state index contributed by atoms with van der Waals surface area (Å²) in [4.78, 5) is 50.7. The smallest absolute Gasteiger partial charge is 0.329 e. The van der Waals surface area contributed by atoms with Gasteiger partial charge in [-0.05, 0) is 30.6 Å². The molecule has 1 N–H and O–H groups in total. The Bertz CT molecular complexity index is 863. The third-order valence-electron chi connectivity index (χ3n) is 4.06. The van der Waals surface area contributed by atoms with E-state index in [1.54, 1.807) is 12.1 Å². The quantitative estimate of drug-likeness (QED) is 0.521. The number of imide groups is 1. The molecule has 1 atom stereocenters. The number of hydrogen-bond acceptors (Lipinski definition) is 8. The van der Waals surface area contributed by atoms with Crippen LogP contribution in [0.4, 0.5) is 5.82 Å². The third-order valence-corrected chi connectivity index (χ3v) is 4.70. The van der Waals surface area contributed by atoms with Gasteiger partial charge in [0.1, 0.15) is 12.3 Å². The van der Waals surface area contributed by atoms with E-state index in [1.165, 1.54) is 36.2 Å². The van der Waals surface area contributed by atoms with E-state index in [2.05, 4.69) is 15.0 Å². The number of hydrogen-bond donors (Lipinski definition) is 1. The van der Waals surface area contributed by atoms with Gasteiger partial charge < -0.3 is 14.6 Å². The van der Waals surface area contributed by atoms with E-state index in [-0.39, 0.29) is 23.4 Å². The highest BCUT2D eigenvalue weighted by Gasteiger charge is 2.43. The van der Waals surface area contributed by atoms with Crippen LogP contribution in [-0.4, -0.2) is 58.4 Å². The summed E-state index contributed by atoms with van der Waals surface area (Å²) in [6.45, 7) is -0.579. The van der Waals surface area contributed by atoms with Crippen LogP contribution in [0, 0.1) is 0 Å². The van der Waals surface area contributed by atoms with Crippen LogP contribution in [-0.2, 0) is 14.3 Å². The summed E-state index contributed by atoms with van der Waals surface area (Å²) in [5, 5.41) is 5.91. The van der Waals surface area contributed by atoms with E-state index < -0.39 is 36.3 Å². The van der Waals surface area contributed by atoms with Gasteiger partial charge in [-0.1, -0.05) is 17.3 Å². The number of esters is 1. The zero-order chi connectivity index (χ0) is 20.1. The SMILES string of the molecule is CSCCC(C(=O)OCC(=O)Nc1ccon1)N1C(=O)c2ccccc2C1=O. The van der Waals surface area contributed by atoms with Gasteiger partial charge in [0.25, 0.3) is 17.7 Å². The molecule has 0 radical (unpaired) electrons. The molecule has 1 aliphatic rings. The lowest BCUT2D eigenvalue weighted by Gasteiger charge is -2.24. The zero-order valence-electron chi connectivity index (χ0n) is 14.9. The fourth-order valence-corrected chi connectivity index (χ4v) is 3.22. The molecule has 0 bridgehead atoms. The fraction of sp³-hybridized carbons (Fsp3) is 0.278. The first-order chi connectivity index (χ1) is 13.5. The topological polar surface area (TPSA) is 119 Å². The molecule has 1 aliphatic heterocycles. The van der Waals surface area contributed by atoms with Crippen molar-refractivity contribution in [3.05, 3.63) is 47.7 Å². The molecular formula is C18H17N3O6S. The van der Waals surface area contributed by atoms with E-state index in [9.17, 15) is 19.2 Å². The Labute approximate surface area is 164 Å². The number of carbonyl (C=O) groups is 4. The van der Waals surface area contributed by atoms with E-state index in [4.69, 9.17) is 4.74 Å². The molecule has 1 unspecified atom stereocenters. The minimum Gasteiger partial charge on any atom is -0.454 e. The molecule has 28 heavy (non-hydrogen) atoms.